The van der Waals surface area contributed by atoms with Crippen LogP contribution in [0.15, 0.2) is 12.3 Å². The lowest BCUT2D eigenvalue weighted by Crippen LogP contribution is -2.34. The van der Waals surface area contributed by atoms with E-state index in [2.05, 4.69) is 17.2 Å². The second-order valence-electron chi connectivity index (χ2n) is 5.51. The van der Waals surface area contributed by atoms with Crippen molar-refractivity contribution < 1.29 is 4.79 Å². The summed E-state index contributed by atoms with van der Waals surface area (Å²) in [6, 6.07) is 1.72. The Morgan fingerprint density at radius 3 is 2.78 bits per heavy atom. The van der Waals surface area contributed by atoms with Gasteiger partial charge in [0.2, 0.25) is 0 Å². The van der Waals surface area contributed by atoms with Gasteiger partial charge in [0.05, 0.1) is 10.6 Å². The van der Waals surface area contributed by atoms with E-state index in [4.69, 9.17) is 11.6 Å². The number of aryl methyl sites for hydroxylation is 1. The Hall–Kier alpha value is -1.09. The normalized spacial score (nSPS) is 17.7. The van der Waals surface area contributed by atoms with Crippen LogP contribution < -0.4 is 5.32 Å². The Morgan fingerprint density at radius 2 is 2.17 bits per heavy atom. The van der Waals surface area contributed by atoms with E-state index in [1.807, 2.05) is 6.92 Å². The molecule has 0 bridgehead atoms. The Morgan fingerprint density at radius 1 is 1.50 bits per heavy atom. The van der Waals surface area contributed by atoms with E-state index in [1.165, 1.54) is 25.7 Å². The maximum absolute atomic E-state index is 12.0. The summed E-state index contributed by atoms with van der Waals surface area (Å²) >= 11 is 6.05. The average molecular weight is 267 g/mol. The van der Waals surface area contributed by atoms with Crippen molar-refractivity contribution in [1.29, 1.82) is 0 Å². The second kappa shape index (κ2) is 5.27. The number of hydrogen-bond acceptors (Lipinski definition) is 2. The van der Waals surface area contributed by atoms with Crippen molar-refractivity contribution in [1.82, 2.24) is 10.3 Å². The highest BCUT2D eigenvalue weighted by molar-refractivity contribution is 6.33. The fourth-order valence-corrected chi connectivity index (χ4v) is 2.78. The number of carbonyl (C=O) groups is 1. The van der Waals surface area contributed by atoms with Gasteiger partial charge in [-0.25, -0.2) is 0 Å². The monoisotopic (exact) mass is 266 g/mol. The number of nitrogens with one attached hydrogen (secondary N) is 1. The zero-order valence-electron chi connectivity index (χ0n) is 10.9. The summed E-state index contributed by atoms with van der Waals surface area (Å²) in [4.78, 5) is 16.2. The molecule has 1 saturated carbocycles. The van der Waals surface area contributed by atoms with E-state index in [0.717, 1.165) is 12.2 Å². The summed E-state index contributed by atoms with van der Waals surface area (Å²) in [5.41, 5.74) is 1.53. The number of pyridine rings is 1. The lowest BCUT2D eigenvalue weighted by molar-refractivity contribution is 0.0934. The van der Waals surface area contributed by atoms with Crippen molar-refractivity contribution in [2.24, 2.45) is 5.41 Å². The first-order chi connectivity index (χ1) is 8.50. The number of nitrogens with zero attached hydrogens (tertiary/aromatic N) is 1. The van der Waals surface area contributed by atoms with Crippen LogP contribution in [0.4, 0.5) is 0 Å². The van der Waals surface area contributed by atoms with Crippen LogP contribution in [0.5, 0.6) is 0 Å². The predicted octanol–water partition coefficient (Wildman–Crippen LogP) is 3.35. The van der Waals surface area contributed by atoms with Gasteiger partial charge in [0.15, 0.2) is 0 Å². The summed E-state index contributed by atoms with van der Waals surface area (Å²) < 4.78 is 0. The van der Waals surface area contributed by atoms with Crippen LogP contribution in [0, 0.1) is 12.3 Å². The molecule has 1 aliphatic carbocycles. The maximum atomic E-state index is 12.0. The molecule has 0 spiro atoms. The van der Waals surface area contributed by atoms with Gasteiger partial charge in [0.25, 0.3) is 5.91 Å². The third kappa shape index (κ3) is 3.02. The summed E-state index contributed by atoms with van der Waals surface area (Å²) in [6.45, 7) is 4.80. The molecule has 0 aromatic carbocycles. The fourth-order valence-electron chi connectivity index (χ4n) is 2.49. The zero-order chi connectivity index (χ0) is 13.2. The number of amides is 1. The molecule has 1 amide bonds. The number of carbonyl (C=O) groups excluding carboxylic acids is 1. The van der Waals surface area contributed by atoms with Crippen molar-refractivity contribution >= 4 is 17.5 Å². The number of halogens is 1. The summed E-state index contributed by atoms with van der Waals surface area (Å²) in [5.74, 6) is -0.124. The predicted molar refractivity (Wildman–Crippen MR) is 72.9 cm³/mol. The average Bonchev–Trinajstić information content (AvgIpc) is 2.74. The van der Waals surface area contributed by atoms with Crippen molar-refractivity contribution in [2.45, 2.75) is 39.5 Å². The van der Waals surface area contributed by atoms with Gasteiger partial charge in [0.1, 0.15) is 0 Å². The fraction of sp³-hybridized carbons (Fsp3) is 0.571. The molecule has 1 fully saturated rings. The minimum absolute atomic E-state index is 0.124. The summed E-state index contributed by atoms with van der Waals surface area (Å²) in [6.07, 6.45) is 6.45. The van der Waals surface area contributed by atoms with Gasteiger partial charge in [-0.3, -0.25) is 9.78 Å². The van der Waals surface area contributed by atoms with E-state index in [1.54, 1.807) is 12.3 Å². The van der Waals surface area contributed by atoms with Crippen LogP contribution in [0.3, 0.4) is 0 Å². The summed E-state index contributed by atoms with van der Waals surface area (Å²) in [5, 5.41) is 3.45. The Balaban J connectivity index is 1.99. The Labute approximate surface area is 113 Å². The van der Waals surface area contributed by atoms with Crippen molar-refractivity contribution in [3.63, 3.8) is 0 Å². The standard InChI is InChI=1S/C14H19ClN2O/c1-10-7-12(15)11(8-16-10)13(18)17-9-14(2)5-3-4-6-14/h7-8H,3-6,9H2,1-2H3,(H,17,18). The van der Waals surface area contributed by atoms with E-state index >= 15 is 0 Å². The topological polar surface area (TPSA) is 42.0 Å². The van der Waals surface area contributed by atoms with Gasteiger partial charge in [-0.2, -0.15) is 0 Å². The minimum Gasteiger partial charge on any atom is -0.351 e. The lowest BCUT2D eigenvalue weighted by Gasteiger charge is -2.23. The molecule has 1 heterocycles. The number of aromatic nitrogens is 1. The first-order valence-corrected chi connectivity index (χ1v) is 6.78. The van der Waals surface area contributed by atoms with Gasteiger partial charge in [-0.15, -0.1) is 0 Å². The molecule has 98 valence electrons. The third-order valence-corrected chi connectivity index (χ3v) is 4.03. The molecule has 0 aliphatic heterocycles. The number of rotatable bonds is 3. The van der Waals surface area contributed by atoms with Gasteiger partial charge >= 0.3 is 0 Å². The van der Waals surface area contributed by atoms with Crippen LogP contribution in [0.1, 0.15) is 48.7 Å². The highest BCUT2D eigenvalue weighted by Crippen LogP contribution is 2.36. The molecule has 4 heteroatoms. The van der Waals surface area contributed by atoms with Crippen LogP contribution in [0.2, 0.25) is 5.02 Å². The van der Waals surface area contributed by atoms with Gasteiger partial charge < -0.3 is 5.32 Å². The summed E-state index contributed by atoms with van der Waals surface area (Å²) in [7, 11) is 0. The quantitative estimate of drug-likeness (QED) is 0.912. The molecule has 0 radical (unpaired) electrons. The molecule has 1 aromatic rings. The zero-order valence-corrected chi connectivity index (χ0v) is 11.7. The van der Waals surface area contributed by atoms with Crippen LogP contribution in [-0.4, -0.2) is 17.4 Å². The molecule has 1 aliphatic rings. The van der Waals surface area contributed by atoms with Crippen molar-refractivity contribution in [2.75, 3.05) is 6.54 Å². The SMILES string of the molecule is Cc1cc(Cl)c(C(=O)NCC2(C)CCCC2)cn1. The van der Waals surface area contributed by atoms with Gasteiger partial charge in [0, 0.05) is 18.4 Å². The molecule has 0 unspecified atom stereocenters. The molecule has 3 nitrogen and oxygen atoms in total. The molecule has 0 saturated heterocycles. The van der Waals surface area contributed by atoms with Gasteiger partial charge in [-0.1, -0.05) is 31.4 Å². The Bertz CT molecular complexity index is 453. The van der Waals surface area contributed by atoms with E-state index in [0.29, 0.717) is 10.6 Å². The maximum Gasteiger partial charge on any atom is 0.254 e. The highest BCUT2D eigenvalue weighted by atomic mass is 35.5. The first-order valence-electron chi connectivity index (χ1n) is 6.41. The molecule has 18 heavy (non-hydrogen) atoms. The van der Waals surface area contributed by atoms with Crippen molar-refractivity contribution in [3.8, 4) is 0 Å². The van der Waals surface area contributed by atoms with Crippen LogP contribution in [-0.2, 0) is 0 Å². The largest absolute Gasteiger partial charge is 0.351 e. The molecule has 0 atom stereocenters. The van der Waals surface area contributed by atoms with Gasteiger partial charge in [-0.05, 0) is 31.2 Å². The van der Waals surface area contributed by atoms with Crippen LogP contribution >= 0.6 is 11.6 Å². The highest BCUT2D eigenvalue weighted by Gasteiger charge is 2.29. The molecule has 2 rings (SSSR count). The lowest BCUT2D eigenvalue weighted by atomic mass is 9.89. The Kier molecular flexibility index (Phi) is 3.91. The number of hydrogen-bond donors (Lipinski definition) is 1. The molecular formula is C14H19ClN2O. The second-order valence-corrected chi connectivity index (χ2v) is 5.91. The molecule has 1 aromatic heterocycles. The molecule has 1 N–H and O–H groups in total. The van der Waals surface area contributed by atoms with Crippen LogP contribution in [0.25, 0.3) is 0 Å². The third-order valence-electron chi connectivity index (χ3n) is 3.72. The smallest absolute Gasteiger partial charge is 0.254 e. The van der Waals surface area contributed by atoms with E-state index in [-0.39, 0.29) is 11.3 Å². The minimum atomic E-state index is -0.124. The van der Waals surface area contributed by atoms with E-state index < -0.39 is 0 Å². The van der Waals surface area contributed by atoms with Crippen molar-refractivity contribution in [3.05, 3.63) is 28.5 Å². The molecular weight excluding hydrogens is 248 g/mol. The first kappa shape index (κ1) is 13.3. The van der Waals surface area contributed by atoms with E-state index in [9.17, 15) is 4.79 Å².